The lowest BCUT2D eigenvalue weighted by molar-refractivity contribution is 0.00900. The topological polar surface area (TPSA) is 0 Å². The van der Waals surface area contributed by atoms with Crippen molar-refractivity contribution < 1.29 is 0 Å². The van der Waals surface area contributed by atoms with Gasteiger partial charge < -0.3 is 0 Å². The van der Waals surface area contributed by atoms with Crippen LogP contribution in [0.2, 0.25) is 5.02 Å². The Kier molecular flexibility index (Phi) is 3.30. The van der Waals surface area contributed by atoms with Crippen LogP contribution in [0.5, 0.6) is 0 Å². The minimum Gasteiger partial charge on any atom is -0.0840 e. The van der Waals surface area contributed by atoms with Gasteiger partial charge in [0.1, 0.15) is 0 Å². The lowest BCUT2D eigenvalue weighted by atomic mass is 9.51. The summed E-state index contributed by atoms with van der Waals surface area (Å²) in [6.07, 6.45) is 8.20. The predicted octanol–water partition coefficient (Wildman–Crippen LogP) is 5.98. The molecule has 2 saturated carbocycles. The fourth-order valence-electron chi connectivity index (χ4n) is 4.08. The normalized spacial score (nSPS) is 20.0. The lowest BCUT2D eigenvalue weighted by Crippen LogP contribution is -2.41. The third-order valence-electron chi connectivity index (χ3n) is 5.58. The molecule has 0 unspecified atom stereocenters. The molecule has 0 bridgehead atoms. The molecule has 21 heavy (non-hydrogen) atoms. The molecular formula is C20H21Cl. The lowest BCUT2D eigenvalue weighted by Gasteiger charge is -2.54. The molecule has 0 amide bonds. The molecule has 0 atom stereocenters. The molecule has 0 aliphatic heterocycles. The Balaban J connectivity index is 1.43. The first-order chi connectivity index (χ1) is 10.2. The SMILES string of the molecule is Clc1ccccc1Cc1ccc(C2CC3(CCC3)C2)cc1. The van der Waals surface area contributed by atoms with Crippen LogP contribution in [0.15, 0.2) is 48.5 Å². The number of hydrogen-bond acceptors (Lipinski definition) is 0. The fraction of sp³-hybridized carbons (Fsp3) is 0.400. The van der Waals surface area contributed by atoms with Crippen molar-refractivity contribution in [3.05, 3.63) is 70.2 Å². The van der Waals surface area contributed by atoms with Gasteiger partial charge in [-0.1, -0.05) is 60.5 Å². The van der Waals surface area contributed by atoms with Crippen molar-refractivity contribution in [1.82, 2.24) is 0 Å². The van der Waals surface area contributed by atoms with E-state index in [1.807, 2.05) is 12.1 Å². The zero-order valence-corrected chi connectivity index (χ0v) is 13.1. The van der Waals surface area contributed by atoms with Crippen LogP contribution in [0.1, 0.15) is 54.7 Å². The highest BCUT2D eigenvalue weighted by Crippen LogP contribution is 2.61. The molecule has 4 rings (SSSR count). The molecule has 2 aromatic rings. The monoisotopic (exact) mass is 296 g/mol. The summed E-state index contributed by atoms with van der Waals surface area (Å²) in [5.41, 5.74) is 4.87. The molecule has 1 spiro atoms. The van der Waals surface area contributed by atoms with E-state index in [9.17, 15) is 0 Å². The summed E-state index contributed by atoms with van der Waals surface area (Å²) < 4.78 is 0. The summed E-state index contributed by atoms with van der Waals surface area (Å²) in [5, 5.41) is 0.868. The van der Waals surface area contributed by atoms with Gasteiger partial charge in [0.25, 0.3) is 0 Å². The Morgan fingerprint density at radius 3 is 2.29 bits per heavy atom. The first kappa shape index (κ1) is 13.4. The van der Waals surface area contributed by atoms with Gasteiger partial charge in [-0.05, 0) is 66.2 Å². The number of halogens is 1. The van der Waals surface area contributed by atoms with E-state index >= 15 is 0 Å². The van der Waals surface area contributed by atoms with E-state index in [1.54, 1.807) is 0 Å². The van der Waals surface area contributed by atoms with E-state index in [0.29, 0.717) is 0 Å². The van der Waals surface area contributed by atoms with E-state index in [2.05, 4.69) is 36.4 Å². The van der Waals surface area contributed by atoms with Gasteiger partial charge in [0.05, 0.1) is 0 Å². The van der Waals surface area contributed by atoms with Crippen molar-refractivity contribution in [2.24, 2.45) is 5.41 Å². The molecule has 2 fully saturated rings. The zero-order valence-electron chi connectivity index (χ0n) is 12.3. The number of benzene rings is 2. The van der Waals surface area contributed by atoms with E-state index in [-0.39, 0.29) is 0 Å². The second-order valence-corrected chi connectivity index (χ2v) is 7.38. The van der Waals surface area contributed by atoms with E-state index in [1.165, 1.54) is 48.8 Å². The molecule has 2 aromatic carbocycles. The Hall–Kier alpha value is -1.27. The third kappa shape index (κ3) is 2.51. The summed E-state index contributed by atoms with van der Waals surface area (Å²) in [5.74, 6) is 0.819. The van der Waals surface area contributed by atoms with E-state index in [0.717, 1.165) is 22.8 Å². The smallest absolute Gasteiger partial charge is 0.0441 e. The van der Waals surface area contributed by atoms with Gasteiger partial charge in [-0.2, -0.15) is 0 Å². The minimum atomic E-state index is 0.765. The standard InChI is InChI=1S/C20H21Cl/c21-19-5-2-1-4-17(19)12-15-6-8-16(9-7-15)18-13-20(14-18)10-3-11-20/h1-2,4-9,18H,3,10-14H2. The maximum Gasteiger partial charge on any atom is 0.0441 e. The van der Waals surface area contributed by atoms with Gasteiger partial charge in [-0.25, -0.2) is 0 Å². The van der Waals surface area contributed by atoms with Crippen molar-refractivity contribution in [3.8, 4) is 0 Å². The summed E-state index contributed by atoms with van der Waals surface area (Å²) in [6.45, 7) is 0. The average Bonchev–Trinajstić information content (AvgIpc) is 2.40. The van der Waals surface area contributed by atoms with Gasteiger partial charge >= 0.3 is 0 Å². The number of hydrogen-bond donors (Lipinski definition) is 0. The molecule has 108 valence electrons. The second-order valence-electron chi connectivity index (χ2n) is 6.97. The van der Waals surface area contributed by atoms with Gasteiger partial charge in [-0.15, -0.1) is 0 Å². The molecule has 0 N–H and O–H groups in total. The summed E-state index contributed by atoms with van der Waals surface area (Å²) in [4.78, 5) is 0. The van der Waals surface area contributed by atoms with Gasteiger partial charge in [-0.3, -0.25) is 0 Å². The highest BCUT2D eigenvalue weighted by atomic mass is 35.5. The summed E-state index contributed by atoms with van der Waals surface area (Å²) >= 11 is 6.24. The van der Waals surface area contributed by atoms with Crippen molar-refractivity contribution in [2.75, 3.05) is 0 Å². The molecule has 0 aromatic heterocycles. The predicted molar refractivity (Wildman–Crippen MR) is 89.0 cm³/mol. The van der Waals surface area contributed by atoms with Crippen molar-refractivity contribution in [1.29, 1.82) is 0 Å². The van der Waals surface area contributed by atoms with Crippen LogP contribution >= 0.6 is 11.6 Å². The summed E-state index contributed by atoms with van der Waals surface area (Å²) in [7, 11) is 0. The molecule has 2 aliphatic rings. The quantitative estimate of drug-likeness (QED) is 0.653. The first-order valence-electron chi connectivity index (χ1n) is 8.06. The fourth-order valence-corrected chi connectivity index (χ4v) is 4.28. The van der Waals surface area contributed by atoms with Crippen LogP contribution < -0.4 is 0 Å². The van der Waals surface area contributed by atoms with Gasteiger partial charge in [0.2, 0.25) is 0 Å². The highest BCUT2D eigenvalue weighted by Gasteiger charge is 2.48. The molecule has 0 heterocycles. The van der Waals surface area contributed by atoms with Crippen LogP contribution in [0.4, 0.5) is 0 Å². The molecule has 2 aliphatic carbocycles. The molecular weight excluding hydrogens is 276 g/mol. The Morgan fingerprint density at radius 2 is 1.67 bits per heavy atom. The minimum absolute atomic E-state index is 0.765. The third-order valence-corrected chi connectivity index (χ3v) is 5.95. The van der Waals surface area contributed by atoms with Crippen LogP contribution in [0.25, 0.3) is 0 Å². The first-order valence-corrected chi connectivity index (χ1v) is 8.44. The van der Waals surface area contributed by atoms with Crippen LogP contribution in [0.3, 0.4) is 0 Å². The maximum atomic E-state index is 6.24. The zero-order chi connectivity index (χ0) is 14.3. The number of rotatable bonds is 3. The largest absolute Gasteiger partial charge is 0.0840 e. The van der Waals surface area contributed by atoms with Crippen LogP contribution in [-0.2, 0) is 6.42 Å². The molecule has 1 heteroatoms. The molecule has 0 saturated heterocycles. The van der Waals surface area contributed by atoms with E-state index < -0.39 is 0 Å². The maximum absolute atomic E-state index is 6.24. The second kappa shape index (κ2) is 5.18. The molecule has 0 radical (unpaired) electrons. The Morgan fingerprint density at radius 1 is 0.952 bits per heavy atom. The van der Waals surface area contributed by atoms with Gasteiger partial charge in [0.15, 0.2) is 0 Å². The van der Waals surface area contributed by atoms with Crippen LogP contribution in [-0.4, -0.2) is 0 Å². The molecule has 0 nitrogen and oxygen atoms in total. The Labute approximate surface area is 132 Å². The summed E-state index contributed by atoms with van der Waals surface area (Å²) in [6, 6.07) is 17.4. The van der Waals surface area contributed by atoms with Crippen molar-refractivity contribution in [2.45, 2.75) is 44.4 Å². The van der Waals surface area contributed by atoms with E-state index in [4.69, 9.17) is 11.6 Å². The van der Waals surface area contributed by atoms with Crippen molar-refractivity contribution in [3.63, 3.8) is 0 Å². The Bertz CT molecular complexity index is 629. The highest BCUT2D eigenvalue weighted by molar-refractivity contribution is 6.31. The van der Waals surface area contributed by atoms with Gasteiger partial charge in [0, 0.05) is 5.02 Å². The van der Waals surface area contributed by atoms with Crippen molar-refractivity contribution >= 4 is 11.6 Å². The average molecular weight is 297 g/mol. The van der Waals surface area contributed by atoms with Crippen LogP contribution in [0, 0.1) is 5.41 Å².